The summed E-state index contributed by atoms with van der Waals surface area (Å²) in [5, 5.41) is 22.5. The standard InChI is InChI=1S/C20H23F3N6O4S/c1-10-14(15(28-18(26-10)34-2)11-4-7-29(8-5-11)19(32)33)16(31)25-9-13(30)12-3-6-24-17(27-12)20(21,22)23/h3,6,11,13,30H,4-5,7-9H2,1-2H3,(H,25,31)(H,32,33). The molecule has 1 aliphatic heterocycles. The highest BCUT2D eigenvalue weighted by atomic mass is 32.2. The van der Waals surface area contributed by atoms with Crippen molar-refractivity contribution in [3.05, 3.63) is 40.7 Å². The van der Waals surface area contributed by atoms with Crippen molar-refractivity contribution in [2.75, 3.05) is 25.9 Å². The molecule has 3 heterocycles. The first-order valence-electron chi connectivity index (χ1n) is 10.3. The number of halogens is 3. The summed E-state index contributed by atoms with van der Waals surface area (Å²) >= 11 is 1.30. The molecule has 1 unspecified atom stereocenters. The predicted octanol–water partition coefficient (Wildman–Crippen LogP) is 2.64. The number of hydrogen-bond donors (Lipinski definition) is 3. The second-order valence-corrected chi connectivity index (χ2v) is 8.40. The van der Waals surface area contributed by atoms with E-state index in [1.165, 1.54) is 16.7 Å². The van der Waals surface area contributed by atoms with Gasteiger partial charge in [-0.1, -0.05) is 11.8 Å². The summed E-state index contributed by atoms with van der Waals surface area (Å²) in [5.74, 6) is -2.16. The van der Waals surface area contributed by atoms with Gasteiger partial charge in [0.15, 0.2) is 5.16 Å². The van der Waals surface area contributed by atoms with Crippen LogP contribution < -0.4 is 5.32 Å². The summed E-state index contributed by atoms with van der Waals surface area (Å²) in [7, 11) is 0. The second-order valence-electron chi connectivity index (χ2n) is 7.63. The minimum atomic E-state index is -4.77. The molecule has 2 aromatic rings. The lowest BCUT2D eigenvalue weighted by Crippen LogP contribution is -2.38. The van der Waals surface area contributed by atoms with Crippen LogP contribution in [0, 0.1) is 6.92 Å². The summed E-state index contributed by atoms with van der Waals surface area (Å²) in [4.78, 5) is 40.8. The van der Waals surface area contributed by atoms with Gasteiger partial charge in [0.05, 0.1) is 22.6 Å². The number of nitrogens with zero attached hydrogens (tertiary/aromatic N) is 5. The molecule has 0 bridgehead atoms. The van der Waals surface area contributed by atoms with Gasteiger partial charge in [0.25, 0.3) is 5.91 Å². The number of rotatable bonds is 6. The quantitative estimate of drug-likeness (QED) is 0.403. The van der Waals surface area contributed by atoms with Crippen molar-refractivity contribution in [1.82, 2.24) is 30.2 Å². The Hall–Kier alpha value is -3.00. The van der Waals surface area contributed by atoms with Crippen LogP contribution in [0.3, 0.4) is 0 Å². The number of hydrogen-bond acceptors (Lipinski definition) is 8. The summed E-state index contributed by atoms with van der Waals surface area (Å²) in [6, 6.07) is 1.13. The summed E-state index contributed by atoms with van der Waals surface area (Å²) in [6.45, 7) is 1.84. The number of aryl methyl sites for hydroxylation is 1. The minimum absolute atomic E-state index is 0.176. The van der Waals surface area contributed by atoms with Gasteiger partial charge in [0, 0.05) is 31.7 Å². The van der Waals surface area contributed by atoms with E-state index in [0.29, 0.717) is 42.5 Å². The summed E-state index contributed by atoms with van der Waals surface area (Å²) < 4.78 is 38.5. The molecule has 2 aromatic heterocycles. The smallest absolute Gasteiger partial charge is 0.451 e. The lowest BCUT2D eigenvalue weighted by Gasteiger charge is -2.30. The highest BCUT2D eigenvalue weighted by Gasteiger charge is 2.35. The fourth-order valence-electron chi connectivity index (χ4n) is 3.66. The molecule has 1 aliphatic rings. The molecule has 0 aliphatic carbocycles. The van der Waals surface area contributed by atoms with Crippen LogP contribution in [0.25, 0.3) is 0 Å². The first kappa shape index (κ1) is 25.6. The van der Waals surface area contributed by atoms with Gasteiger partial charge >= 0.3 is 12.3 Å². The summed E-state index contributed by atoms with van der Waals surface area (Å²) in [6.07, 6.45) is -3.65. The van der Waals surface area contributed by atoms with Gasteiger partial charge in [-0.2, -0.15) is 13.2 Å². The highest BCUT2D eigenvalue weighted by Crippen LogP contribution is 2.31. The van der Waals surface area contributed by atoms with E-state index in [0.717, 1.165) is 12.3 Å². The number of carboxylic acid groups (broad SMARTS) is 1. The van der Waals surface area contributed by atoms with Gasteiger partial charge in [-0.15, -0.1) is 0 Å². The van der Waals surface area contributed by atoms with E-state index in [9.17, 15) is 33.0 Å². The van der Waals surface area contributed by atoms with E-state index in [2.05, 4.69) is 25.3 Å². The Morgan fingerprint density at radius 2 is 1.94 bits per heavy atom. The maximum absolute atomic E-state index is 13.0. The third-order valence-corrected chi connectivity index (χ3v) is 5.93. The molecule has 34 heavy (non-hydrogen) atoms. The van der Waals surface area contributed by atoms with Crippen LogP contribution in [0.1, 0.15) is 58.1 Å². The normalized spacial score (nSPS) is 15.8. The van der Waals surface area contributed by atoms with Crippen molar-refractivity contribution in [1.29, 1.82) is 0 Å². The lowest BCUT2D eigenvalue weighted by atomic mass is 9.90. The van der Waals surface area contributed by atoms with Crippen LogP contribution in [-0.4, -0.2) is 72.9 Å². The molecule has 14 heteroatoms. The van der Waals surface area contributed by atoms with Gasteiger partial charge in [0.1, 0.15) is 6.10 Å². The molecule has 184 valence electrons. The Morgan fingerprint density at radius 1 is 1.26 bits per heavy atom. The number of aliphatic hydroxyl groups excluding tert-OH is 1. The van der Waals surface area contributed by atoms with Crippen LogP contribution >= 0.6 is 11.8 Å². The fourth-order valence-corrected chi connectivity index (χ4v) is 4.08. The number of thioether (sulfide) groups is 1. The monoisotopic (exact) mass is 500 g/mol. The number of nitrogens with one attached hydrogen (secondary N) is 1. The SMILES string of the molecule is CSc1nc(C)c(C(=O)NCC(O)c2ccnc(C(F)(F)F)n2)c(C2CCN(C(=O)O)CC2)n1. The molecule has 0 spiro atoms. The van der Waals surface area contributed by atoms with Crippen molar-refractivity contribution >= 4 is 23.8 Å². The number of amides is 2. The molecule has 1 fully saturated rings. The third kappa shape index (κ3) is 5.91. The van der Waals surface area contributed by atoms with Crippen molar-refractivity contribution in [2.24, 2.45) is 0 Å². The molecular weight excluding hydrogens is 477 g/mol. The first-order valence-corrected chi connectivity index (χ1v) is 11.5. The van der Waals surface area contributed by atoms with E-state index in [1.54, 1.807) is 13.2 Å². The van der Waals surface area contributed by atoms with E-state index < -0.39 is 36.6 Å². The molecule has 3 rings (SSSR count). The number of aromatic nitrogens is 4. The number of aliphatic hydroxyl groups is 1. The van der Waals surface area contributed by atoms with E-state index in [4.69, 9.17) is 0 Å². The van der Waals surface area contributed by atoms with E-state index in [1.807, 2.05) is 0 Å². The molecule has 3 N–H and O–H groups in total. The van der Waals surface area contributed by atoms with Crippen molar-refractivity contribution in [3.8, 4) is 0 Å². The van der Waals surface area contributed by atoms with Gasteiger partial charge in [-0.25, -0.2) is 24.7 Å². The maximum atomic E-state index is 13.0. The number of alkyl halides is 3. The molecule has 2 amide bonds. The Morgan fingerprint density at radius 3 is 2.53 bits per heavy atom. The molecule has 10 nitrogen and oxygen atoms in total. The van der Waals surface area contributed by atoms with Crippen LogP contribution in [0.5, 0.6) is 0 Å². The van der Waals surface area contributed by atoms with Crippen LogP contribution in [0.2, 0.25) is 0 Å². The van der Waals surface area contributed by atoms with Gasteiger partial charge < -0.3 is 20.4 Å². The topological polar surface area (TPSA) is 141 Å². The average Bonchev–Trinajstić information content (AvgIpc) is 2.81. The molecule has 1 atom stereocenters. The summed E-state index contributed by atoms with van der Waals surface area (Å²) in [5.41, 5.74) is 0.811. The zero-order valence-corrected chi connectivity index (χ0v) is 19.2. The molecule has 0 saturated carbocycles. The zero-order valence-electron chi connectivity index (χ0n) is 18.3. The Labute approximate surface area is 197 Å². The third-order valence-electron chi connectivity index (χ3n) is 5.39. The van der Waals surface area contributed by atoms with E-state index in [-0.39, 0.29) is 17.2 Å². The predicted molar refractivity (Wildman–Crippen MR) is 114 cm³/mol. The maximum Gasteiger partial charge on any atom is 0.451 e. The van der Waals surface area contributed by atoms with E-state index >= 15 is 0 Å². The zero-order chi connectivity index (χ0) is 25.0. The van der Waals surface area contributed by atoms with Gasteiger partial charge in [-0.05, 0) is 32.1 Å². The largest absolute Gasteiger partial charge is 0.465 e. The number of carbonyl (C=O) groups excluding carboxylic acids is 1. The molecular formula is C20H23F3N6O4S. The number of likely N-dealkylation sites (tertiary alicyclic amines) is 1. The first-order chi connectivity index (χ1) is 16.0. The van der Waals surface area contributed by atoms with Crippen LogP contribution in [-0.2, 0) is 6.18 Å². The van der Waals surface area contributed by atoms with Gasteiger partial charge in [0.2, 0.25) is 5.82 Å². The van der Waals surface area contributed by atoms with Gasteiger partial charge in [-0.3, -0.25) is 4.79 Å². The minimum Gasteiger partial charge on any atom is -0.465 e. The highest BCUT2D eigenvalue weighted by molar-refractivity contribution is 7.98. The van der Waals surface area contributed by atoms with Crippen LogP contribution in [0.15, 0.2) is 17.4 Å². The number of carbonyl (C=O) groups is 2. The average molecular weight is 501 g/mol. The second kappa shape index (κ2) is 10.5. The molecule has 0 aromatic carbocycles. The Kier molecular flexibility index (Phi) is 7.92. The lowest BCUT2D eigenvalue weighted by molar-refractivity contribution is -0.145. The Balaban J connectivity index is 1.78. The number of piperidine rings is 1. The van der Waals surface area contributed by atoms with Crippen LogP contribution in [0.4, 0.5) is 18.0 Å². The molecule has 0 radical (unpaired) electrons. The Bertz CT molecular complexity index is 1060. The fraction of sp³-hybridized carbons (Fsp3) is 0.500. The van der Waals surface area contributed by atoms with Crippen molar-refractivity contribution in [2.45, 2.75) is 43.1 Å². The van der Waals surface area contributed by atoms with Crippen molar-refractivity contribution < 1.29 is 33.0 Å². The molecule has 1 saturated heterocycles. The van der Waals surface area contributed by atoms with Crippen molar-refractivity contribution in [3.63, 3.8) is 0 Å².